The summed E-state index contributed by atoms with van der Waals surface area (Å²) in [6.45, 7) is 2.10. The molecule has 0 heterocycles. The van der Waals surface area contributed by atoms with Gasteiger partial charge in [-0.3, -0.25) is 4.79 Å². The Morgan fingerprint density at radius 1 is 1.17 bits per heavy atom. The van der Waals surface area contributed by atoms with Gasteiger partial charge in [0.15, 0.2) is 0 Å². The maximum atomic E-state index is 12.4. The van der Waals surface area contributed by atoms with Crippen LogP contribution in [0, 0.1) is 5.41 Å². The summed E-state index contributed by atoms with van der Waals surface area (Å²) in [6, 6.07) is 5.45. The van der Waals surface area contributed by atoms with Gasteiger partial charge in [-0.1, -0.05) is 55.5 Å². The van der Waals surface area contributed by atoms with Crippen molar-refractivity contribution >= 4 is 29.0 Å². The Morgan fingerprint density at radius 3 is 2.44 bits per heavy atom. The van der Waals surface area contributed by atoms with E-state index in [1.54, 1.807) is 12.1 Å². The van der Waals surface area contributed by atoms with Gasteiger partial charge in [0.05, 0.1) is 10.0 Å². The van der Waals surface area contributed by atoms with Gasteiger partial charge < -0.3 is 0 Å². The number of hydrogen-bond donors (Lipinski definition) is 0. The van der Waals surface area contributed by atoms with Crippen LogP contribution in [0.15, 0.2) is 18.2 Å². The summed E-state index contributed by atoms with van der Waals surface area (Å²) in [5, 5.41) is 1.06. The quantitative estimate of drug-likeness (QED) is 0.757. The fourth-order valence-corrected chi connectivity index (χ4v) is 2.98. The Labute approximate surface area is 118 Å². The standard InChI is InChI=1S/C15H18Cl2O/c1-15(7-3-2-4-8-15)14(18)10-11-5-6-12(16)13(17)9-11/h5-6,9H,2-4,7-8,10H2,1H3. The normalized spacial score (nSPS) is 18.6. The van der Waals surface area contributed by atoms with Crippen molar-refractivity contribution in [3.8, 4) is 0 Å². The lowest BCUT2D eigenvalue weighted by Crippen LogP contribution is -2.31. The Hall–Kier alpha value is -0.530. The highest BCUT2D eigenvalue weighted by molar-refractivity contribution is 6.42. The van der Waals surface area contributed by atoms with E-state index >= 15 is 0 Å². The fourth-order valence-electron chi connectivity index (χ4n) is 2.66. The Balaban J connectivity index is 2.08. The van der Waals surface area contributed by atoms with Crippen LogP contribution in [-0.2, 0) is 11.2 Å². The highest BCUT2D eigenvalue weighted by Crippen LogP contribution is 2.37. The zero-order valence-corrected chi connectivity index (χ0v) is 12.2. The molecule has 0 amide bonds. The van der Waals surface area contributed by atoms with Crippen LogP contribution in [0.5, 0.6) is 0 Å². The molecule has 1 nitrogen and oxygen atoms in total. The van der Waals surface area contributed by atoms with Gasteiger partial charge in [-0.05, 0) is 30.5 Å². The first-order valence-corrected chi connectivity index (χ1v) is 7.24. The van der Waals surface area contributed by atoms with Gasteiger partial charge in [0.2, 0.25) is 0 Å². The van der Waals surface area contributed by atoms with Gasteiger partial charge in [0, 0.05) is 11.8 Å². The Kier molecular flexibility index (Phi) is 4.34. The van der Waals surface area contributed by atoms with Crippen molar-refractivity contribution in [1.29, 1.82) is 0 Å². The van der Waals surface area contributed by atoms with E-state index in [2.05, 4.69) is 6.92 Å². The smallest absolute Gasteiger partial charge is 0.143 e. The highest BCUT2D eigenvalue weighted by Gasteiger charge is 2.33. The maximum absolute atomic E-state index is 12.4. The van der Waals surface area contributed by atoms with Gasteiger partial charge >= 0.3 is 0 Å². The molecule has 0 aliphatic heterocycles. The summed E-state index contributed by atoms with van der Waals surface area (Å²) in [4.78, 5) is 12.4. The first-order chi connectivity index (χ1) is 8.51. The van der Waals surface area contributed by atoms with Gasteiger partial charge in [0.1, 0.15) is 5.78 Å². The van der Waals surface area contributed by atoms with E-state index in [1.165, 1.54) is 19.3 Å². The summed E-state index contributed by atoms with van der Waals surface area (Å²) < 4.78 is 0. The molecule has 0 atom stereocenters. The van der Waals surface area contributed by atoms with Crippen molar-refractivity contribution in [2.45, 2.75) is 45.4 Å². The van der Waals surface area contributed by atoms with Crippen molar-refractivity contribution in [2.24, 2.45) is 5.41 Å². The number of carbonyl (C=O) groups excluding carboxylic acids is 1. The monoisotopic (exact) mass is 284 g/mol. The molecule has 0 unspecified atom stereocenters. The number of rotatable bonds is 3. The van der Waals surface area contributed by atoms with E-state index in [1.807, 2.05) is 6.07 Å². The largest absolute Gasteiger partial charge is 0.299 e. The number of Topliss-reactive ketones (excluding diaryl/α,β-unsaturated/α-hetero) is 1. The van der Waals surface area contributed by atoms with Crippen LogP contribution in [0.2, 0.25) is 10.0 Å². The average molecular weight is 285 g/mol. The second-order valence-corrected chi connectivity index (χ2v) is 6.28. The third-order valence-corrected chi connectivity index (χ3v) is 4.72. The van der Waals surface area contributed by atoms with Gasteiger partial charge in [-0.2, -0.15) is 0 Å². The Morgan fingerprint density at radius 2 is 1.83 bits per heavy atom. The van der Waals surface area contributed by atoms with Crippen molar-refractivity contribution in [2.75, 3.05) is 0 Å². The molecule has 98 valence electrons. The van der Waals surface area contributed by atoms with E-state index in [-0.39, 0.29) is 5.41 Å². The van der Waals surface area contributed by atoms with Crippen LogP contribution in [0.25, 0.3) is 0 Å². The Bertz CT molecular complexity index is 448. The second kappa shape index (κ2) is 5.63. The molecule has 1 aromatic rings. The third kappa shape index (κ3) is 3.07. The summed E-state index contributed by atoms with van der Waals surface area (Å²) in [5.41, 5.74) is 0.825. The molecular weight excluding hydrogens is 267 g/mol. The number of ketones is 1. The molecule has 1 aliphatic rings. The zero-order chi connectivity index (χ0) is 13.2. The highest BCUT2D eigenvalue weighted by atomic mass is 35.5. The molecule has 0 saturated heterocycles. The zero-order valence-electron chi connectivity index (χ0n) is 10.6. The lowest BCUT2D eigenvalue weighted by molar-refractivity contribution is -0.128. The molecule has 0 aromatic heterocycles. The minimum Gasteiger partial charge on any atom is -0.299 e. The number of benzene rings is 1. The predicted molar refractivity (Wildman–Crippen MR) is 76.4 cm³/mol. The van der Waals surface area contributed by atoms with Crippen LogP contribution in [0.4, 0.5) is 0 Å². The van der Waals surface area contributed by atoms with Crippen molar-refractivity contribution < 1.29 is 4.79 Å². The van der Waals surface area contributed by atoms with Crippen LogP contribution < -0.4 is 0 Å². The van der Waals surface area contributed by atoms with Gasteiger partial charge in [-0.25, -0.2) is 0 Å². The van der Waals surface area contributed by atoms with Gasteiger partial charge in [-0.15, -0.1) is 0 Å². The molecule has 0 N–H and O–H groups in total. The van der Waals surface area contributed by atoms with Crippen molar-refractivity contribution in [1.82, 2.24) is 0 Å². The molecular formula is C15H18Cl2O. The van der Waals surface area contributed by atoms with E-state index < -0.39 is 0 Å². The first kappa shape index (κ1) is 13.9. The van der Waals surface area contributed by atoms with Crippen molar-refractivity contribution in [3.63, 3.8) is 0 Å². The van der Waals surface area contributed by atoms with Crippen LogP contribution >= 0.6 is 23.2 Å². The minimum absolute atomic E-state index is 0.135. The average Bonchev–Trinajstić information content (AvgIpc) is 2.35. The summed E-state index contributed by atoms with van der Waals surface area (Å²) in [7, 11) is 0. The number of carbonyl (C=O) groups is 1. The molecule has 1 aromatic carbocycles. The SMILES string of the molecule is CC1(C(=O)Cc2ccc(Cl)c(Cl)c2)CCCCC1. The summed E-state index contributed by atoms with van der Waals surface area (Å²) in [5.74, 6) is 0.334. The number of hydrogen-bond acceptors (Lipinski definition) is 1. The molecule has 1 saturated carbocycles. The van der Waals surface area contributed by atoms with Crippen LogP contribution in [0.1, 0.15) is 44.6 Å². The van der Waals surface area contributed by atoms with Crippen LogP contribution in [-0.4, -0.2) is 5.78 Å². The molecule has 1 aliphatic carbocycles. The third-order valence-electron chi connectivity index (χ3n) is 3.98. The summed E-state index contributed by atoms with van der Waals surface area (Å²) in [6.07, 6.45) is 6.11. The second-order valence-electron chi connectivity index (χ2n) is 5.47. The molecule has 18 heavy (non-hydrogen) atoms. The fraction of sp³-hybridized carbons (Fsp3) is 0.533. The predicted octanol–water partition coefficient (Wildman–Crippen LogP) is 5.08. The molecule has 0 spiro atoms. The first-order valence-electron chi connectivity index (χ1n) is 6.48. The summed E-state index contributed by atoms with van der Waals surface area (Å²) >= 11 is 11.9. The van der Waals surface area contributed by atoms with E-state index in [0.717, 1.165) is 18.4 Å². The van der Waals surface area contributed by atoms with E-state index in [0.29, 0.717) is 22.2 Å². The molecule has 0 bridgehead atoms. The molecule has 3 heteroatoms. The topological polar surface area (TPSA) is 17.1 Å². The van der Waals surface area contributed by atoms with Crippen LogP contribution in [0.3, 0.4) is 0 Å². The molecule has 2 rings (SSSR count). The lowest BCUT2D eigenvalue weighted by atomic mass is 9.71. The van der Waals surface area contributed by atoms with Gasteiger partial charge in [0.25, 0.3) is 0 Å². The lowest BCUT2D eigenvalue weighted by Gasteiger charge is -2.32. The maximum Gasteiger partial charge on any atom is 0.143 e. The van der Waals surface area contributed by atoms with Crippen molar-refractivity contribution in [3.05, 3.63) is 33.8 Å². The number of halogens is 2. The van der Waals surface area contributed by atoms with E-state index in [4.69, 9.17) is 23.2 Å². The molecule has 1 fully saturated rings. The van der Waals surface area contributed by atoms with E-state index in [9.17, 15) is 4.79 Å². The molecule has 0 radical (unpaired) electrons. The minimum atomic E-state index is -0.135.